The lowest BCUT2D eigenvalue weighted by atomic mass is 9.96. The van der Waals surface area contributed by atoms with Gasteiger partial charge in [0.25, 0.3) is 0 Å². The van der Waals surface area contributed by atoms with Crippen LogP contribution >= 0.6 is 7.92 Å². The van der Waals surface area contributed by atoms with Gasteiger partial charge in [-0.25, -0.2) is 0 Å². The van der Waals surface area contributed by atoms with Crippen LogP contribution in [0.4, 0.5) is 0 Å². The third-order valence-corrected chi connectivity index (χ3v) is 7.60. The molecule has 25 heavy (non-hydrogen) atoms. The van der Waals surface area contributed by atoms with E-state index in [1.807, 2.05) is 0 Å². The average molecular weight is 346 g/mol. The van der Waals surface area contributed by atoms with Gasteiger partial charge in [0.05, 0.1) is 6.10 Å². The zero-order chi connectivity index (χ0) is 17.1. The van der Waals surface area contributed by atoms with E-state index in [9.17, 15) is 5.11 Å². The van der Waals surface area contributed by atoms with Crippen LogP contribution in [0.15, 0.2) is 84.9 Å². The predicted octanol–water partition coefficient (Wildman–Crippen LogP) is 4.07. The average Bonchev–Trinajstić information content (AvgIpc) is 3.10. The normalized spacial score (nSPS) is 20.1. The Morgan fingerprint density at radius 3 is 1.80 bits per heavy atom. The molecule has 0 amide bonds. The van der Waals surface area contributed by atoms with Crippen molar-refractivity contribution in [3.05, 3.63) is 90.5 Å². The van der Waals surface area contributed by atoms with E-state index in [4.69, 9.17) is 0 Å². The molecule has 0 spiro atoms. The first-order valence-corrected chi connectivity index (χ1v) is 10.4. The van der Waals surface area contributed by atoms with E-state index in [-0.39, 0.29) is 12.0 Å². The van der Waals surface area contributed by atoms with E-state index in [1.165, 1.54) is 21.5 Å². The quantitative estimate of drug-likeness (QED) is 0.706. The molecule has 2 heteroatoms. The largest absolute Gasteiger partial charge is 0.392 e. The highest BCUT2D eigenvalue weighted by Crippen LogP contribution is 2.40. The van der Waals surface area contributed by atoms with Gasteiger partial charge >= 0.3 is 0 Å². The topological polar surface area (TPSA) is 20.2 Å². The summed E-state index contributed by atoms with van der Waals surface area (Å²) in [5.74, 6) is 0.272. The van der Waals surface area contributed by atoms with Crippen molar-refractivity contribution in [3.8, 4) is 0 Å². The van der Waals surface area contributed by atoms with Gasteiger partial charge in [0, 0.05) is 5.92 Å². The molecule has 0 radical (unpaired) electrons. The summed E-state index contributed by atoms with van der Waals surface area (Å²) in [7, 11) is -0.613. The van der Waals surface area contributed by atoms with Gasteiger partial charge < -0.3 is 5.11 Å². The third kappa shape index (κ3) is 3.40. The summed E-state index contributed by atoms with van der Waals surface area (Å²) in [5, 5.41) is 14.6. The minimum Gasteiger partial charge on any atom is -0.392 e. The molecule has 1 nitrogen and oxygen atoms in total. The van der Waals surface area contributed by atoms with E-state index < -0.39 is 7.92 Å². The maximum Gasteiger partial charge on any atom is 0.0609 e. The van der Waals surface area contributed by atoms with Gasteiger partial charge in [-0.1, -0.05) is 91.3 Å². The smallest absolute Gasteiger partial charge is 0.0609 e. The molecule has 1 aliphatic carbocycles. The molecule has 1 aliphatic rings. The van der Waals surface area contributed by atoms with Crippen LogP contribution in [0.5, 0.6) is 0 Å². The summed E-state index contributed by atoms with van der Waals surface area (Å²) in [6.07, 6.45) is 2.93. The van der Waals surface area contributed by atoms with Crippen LogP contribution in [0.2, 0.25) is 0 Å². The summed E-state index contributed by atoms with van der Waals surface area (Å²) in [6.45, 7) is 0. The summed E-state index contributed by atoms with van der Waals surface area (Å²) in [4.78, 5) is 0. The highest BCUT2D eigenvalue weighted by atomic mass is 31.1. The van der Waals surface area contributed by atoms with Crippen molar-refractivity contribution in [3.63, 3.8) is 0 Å². The van der Waals surface area contributed by atoms with Crippen LogP contribution in [-0.2, 0) is 0 Å². The number of rotatable bonds is 4. The van der Waals surface area contributed by atoms with Crippen molar-refractivity contribution in [1.29, 1.82) is 0 Å². The molecule has 1 saturated carbocycles. The Morgan fingerprint density at radius 1 is 0.680 bits per heavy atom. The Morgan fingerprint density at radius 2 is 1.24 bits per heavy atom. The van der Waals surface area contributed by atoms with Gasteiger partial charge in [0.2, 0.25) is 0 Å². The second kappa shape index (κ2) is 7.52. The van der Waals surface area contributed by atoms with E-state index in [1.54, 1.807) is 0 Å². The molecule has 3 aromatic carbocycles. The van der Waals surface area contributed by atoms with Gasteiger partial charge in [0.1, 0.15) is 0 Å². The number of aliphatic hydroxyl groups is 1. The van der Waals surface area contributed by atoms with E-state index in [2.05, 4.69) is 84.9 Å². The molecule has 1 N–H and O–H groups in total. The Hall–Kier alpha value is -1.95. The molecule has 2 atom stereocenters. The van der Waals surface area contributed by atoms with Crippen molar-refractivity contribution < 1.29 is 5.11 Å². The second-order valence-corrected chi connectivity index (χ2v) is 8.86. The van der Waals surface area contributed by atoms with Crippen LogP contribution in [0.25, 0.3) is 0 Å². The first-order chi connectivity index (χ1) is 12.3. The lowest BCUT2D eigenvalue weighted by Gasteiger charge is -2.26. The number of hydrogen-bond acceptors (Lipinski definition) is 1. The van der Waals surface area contributed by atoms with E-state index >= 15 is 0 Å². The minimum absolute atomic E-state index is 0.204. The first kappa shape index (κ1) is 16.5. The minimum atomic E-state index is -0.613. The lowest BCUT2D eigenvalue weighted by molar-refractivity contribution is 0.164. The Balaban J connectivity index is 1.86. The second-order valence-electron chi connectivity index (χ2n) is 6.67. The monoisotopic (exact) mass is 346 g/mol. The summed E-state index contributed by atoms with van der Waals surface area (Å²) >= 11 is 0. The molecule has 4 rings (SSSR count). The lowest BCUT2D eigenvalue weighted by Crippen LogP contribution is -2.26. The molecule has 0 aliphatic heterocycles. The number of hydrogen-bond donors (Lipinski definition) is 1. The van der Waals surface area contributed by atoms with Crippen LogP contribution in [0.3, 0.4) is 0 Å². The zero-order valence-electron chi connectivity index (χ0n) is 14.3. The zero-order valence-corrected chi connectivity index (χ0v) is 15.1. The van der Waals surface area contributed by atoms with Crippen molar-refractivity contribution in [2.45, 2.75) is 31.3 Å². The maximum atomic E-state index is 10.5. The van der Waals surface area contributed by atoms with E-state index in [0.29, 0.717) is 0 Å². The fourth-order valence-corrected chi connectivity index (χ4v) is 6.42. The fourth-order valence-electron chi connectivity index (χ4n) is 3.89. The molecular formula is C23H23OP. The van der Waals surface area contributed by atoms with Gasteiger partial charge in [-0.2, -0.15) is 0 Å². The van der Waals surface area contributed by atoms with Gasteiger partial charge in [-0.3, -0.25) is 0 Å². The molecule has 0 bridgehead atoms. The van der Waals surface area contributed by atoms with Gasteiger partial charge in [-0.05, 0) is 42.2 Å². The van der Waals surface area contributed by atoms with Crippen LogP contribution in [0, 0.1) is 0 Å². The molecule has 0 unspecified atom stereocenters. The van der Waals surface area contributed by atoms with Crippen LogP contribution in [0.1, 0.15) is 30.7 Å². The SMILES string of the molecule is O[C@@H]1CCC[C@H]1c1ccccc1P(c1ccccc1)c1ccccc1. The fraction of sp³-hybridized carbons (Fsp3) is 0.217. The molecule has 126 valence electrons. The Kier molecular flexibility index (Phi) is 4.97. The Labute approximate surface area is 151 Å². The third-order valence-electron chi connectivity index (χ3n) is 5.09. The highest BCUT2D eigenvalue weighted by Gasteiger charge is 2.30. The van der Waals surface area contributed by atoms with Crippen molar-refractivity contribution >= 4 is 23.8 Å². The molecule has 1 fully saturated rings. The predicted molar refractivity (Wildman–Crippen MR) is 108 cm³/mol. The number of aliphatic hydroxyl groups excluding tert-OH is 1. The summed E-state index contributed by atoms with van der Waals surface area (Å²) < 4.78 is 0. The maximum absolute atomic E-state index is 10.5. The summed E-state index contributed by atoms with van der Waals surface area (Å²) in [6, 6.07) is 30.4. The molecule has 3 aromatic rings. The van der Waals surface area contributed by atoms with Crippen molar-refractivity contribution in [2.75, 3.05) is 0 Å². The van der Waals surface area contributed by atoms with Crippen LogP contribution in [-0.4, -0.2) is 11.2 Å². The Bertz CT molecular complexity index is 776. The molecule has 0 saturated heterocycles. The standard InChI is InChI=1S/C23H23OP/c24-22-16-9-15-20(22)21-14-7-8-17-23(21)25(18-10-3-1-4-11-18)19-12-5-2-6-13-19/h1-8,10-14,17,20,22,24H,9,15-16H2/t20-,22+/m0/s1. The van der Waals surface area contributed by atoms with E-state index in [0.717, 1.165) is 19.3 Å². The number of benzene rings is 3. The van der Waals surface area contributed by atoms with Crippen LogP contribution < -0.4 is 15.9 Å². The van der Waals surface area contributed by atoms with Gasteiger partial charge in [0.15, 0.2) is 0 Å². The summed E-state index contributed by atoms with van der Waals surface area (Å²) in [5.41, 5.74) is 1.34. The van der Waals surface area contributed by atoms with Crippen molar-refractivity contribution in [2.24, 2.45) is 0 Å². The highest BCUT2D eigenvalue weighted by molar-refractivity contribution is 7.79. The molecular weight excluding hydrogens is 323 g/mol. The first-order valence-electron chi connectivity index (χ1n) is 9.02. The molecule has 0 heterocycles. The van der Waals surface area contributed by atoms with Crippen molar-refractivity contribution in [1.82, 2.24) is 0 Å². The van der Waals surface area contributed by atoms with Gasteiger partial charge in [-0.15, -0.1) is 0 Å². The molecule has 0 aromatic heterocycles.